The molecule has 4 nitrogen and oxygen atoms in total. The van der Waals surface area contributed by atoms with Crippen molar-refractivity contribution in [2.24, 2.45) is 5.73 Å². The molecule has 1 unspecified atom stereocenters. The predicted octanol–water partition coefficient (Wildman–Crippen LogP) is 1.12. The van der Waals surface area contributed by atoms with Gasteiger partial charge >= 0.3 is 0 Å². The fourth-order valence-corrected chi connectivity index (χ4v) is 2.23. The maximum absolute atomic E-state index is 5.62. The Morgan fingerprint density at radius 2 is 2.50 bits per heavy atom. The Balaban J connectivity index is 2.06. The summed E-state index contributed by atoms with van der Waals surface area (Å²) in [5.74, 6) is 0. The number of hydrogen-bond acceptors (Lipinski definition) is 3. The monoisotopic (exact) mass is 194 g/mol. The minimum absolute atomic E-state index is 0.617. The molecule has 0 aromatic carbocycles. The highest BCUT2D eigenvalue weighted by Gasteiger charge is 2.22. The lowest BCUT2D eigenvalue weighted by molar-refractivity contribution is 0.442. The van der Waals surface area contributed by atoms with Crippen molar-refractivity contribution in [3.63, 3.8) is 0 Å². The molecule has 1 aliphatic rings. The zero-order valence-electron chi connectivity index (χ0n) is 8.45. The van der Waals surface area contributed by atoms with Gasteiger partial charge in [0.25, 0.3) is 0 Å². The van der Waals surface area contributed by atoms with E-state index >= 15 is 0 Å². The third kappa shape index (κ3) is 1.90. The smallest absolute Gasteiger partial charge is 0.0752 e. The highest BCUT2D eigenvalue weighted by atomic mass is 15.2. The van der Waals surface area contributed by atoms with E-state index in [1.54, 1.807) is 0 Å². The lowest BCUT2D eigenvalue weighted by Crippen LogP contribution is -2.40. The average Bonchev–Trinajstić information content (AvgIpc) is 2.72. The van der Waals surface area contributed by atoms with Crippen LogP contribution in [0, 0.1) is 0 Å². The summed E-state index contributed by atoms with van der Waals surface area (Å²) in [6, 6.07) is 0.617. The van der Waals surface area contributed by atoms with E-state index in [1.165, 1.54) is 24.9 Å². The summed E-state index contributed by atoms with van der Waals surface area (Å²) in [5.41, 5.74) is 6.84. The Morgan fingerprint density at radius 1 is 1.57 bits per heavy atom. The minimum Gasteiger partial charge on any atom is -0.366 e. The summed E-state index contributed by atoms with van der Waals surface area (Å²) in [7, 11) is 0. The van der Waals surface area contributed by atoms with Crippen LogP contribution in [0.3, 0.4) is 0 Å². The number of hydrogen-bond donors (Lipinski definition) is 2. The SMILES string of the molecule is NCCC1CCCCN1c1cn[nH]c1. The van der Waals surface area contributed by atoms with Crippen molar-refractivity contribution in [2.45, 2.75) is 31.7 Å². The van der Waals surface area contributed by atoms with Crippen molar-refractivity contribution in [1.82, 2.24) is 10.2 Å². The van der Waals surface area contributed by atoms with Crippen molar-refractivity contribution >= 4 is 5.69 Å². The quantitative estimate of drug-likeness (QED) is 0.758. The molecule has 1 atom stereocenters. The highest BCUT2D eigenvalue weighted by Crippen LogP contribution is 2.24. The van der Waals surface area contributed by atoms with Gasteiger partial charge in [0.15, 0.2) is 0 Å². The van der Waals surface area contributed by atoms with E-state index in [9.17, 15) is 0 Å². The average molecular weight is 194 g/mol. The van der Waals surface area contributed by atoms with Crippen LogP contribution >= 0.6 is 0 Å². The topological polar surface area (TPSA) is 57.9 Å². The first-order valence-corrected chi connectivity index (χ1v) is 5.37. The molecule has 0 amide bonds. The summed E-state index contributed by atoms with van der Waals surface area (Å²) in [6.45, 7) is 1.92. The summed E-state index contributed by atoms with van der Waals surface area (Å²) >= 11 is 0. The second kappa shape index (κ2) is 4.46. The number of aromatic amines is 1. The van der Waals surface area contributed by atoms with E-state index < -0.39 is 0 Å². The van der Waals surface area contributed by atoms with Crippen molar-refractivity contribution in [3.8, 4) is 0 Å². The Bertz CT molecular complexity index is 255. The number of H-pyrrole nitrogens is 1. The molecule has 0 aliphatic carbocycles. The minimum atomic E-state index is 0.617. The van der Waals surface area contributed by atoms with Crippen LogP contribution in [-0.4, -0.2) is 29.3 Å². The maximum Gasteiger partial charge on any atom is 0.0752 e. The van der Waals surface area contributed by atoms with Gasteiger partial charge in [-0.15, -0.1) is 0 Å². The van der Waals surface area contributed by atoms with Gasteiger partial charge in [0.1, 0.15) is 0 Å². The molecule has 4 heteroatoms. The lowest BCUT2D eigenvalue weighted by atomic mass is 9.99. The number of aromatic nitrogens is 2. The van der Waals surface area contributed by atoms with Gasteiger partial charge in [-0.2, -0.15) is 5.10 Å². The van der Waals surface area contributed by atoms with E-state index in [2.05, 4.69) is 15.1 Å². The van der Waals surface area contributed by atoms with Crippen LogP contribution in [0.4, 0.5) is 5.69 Å². The van der Waals surface area contributed by atoms with Crippen molar-refractivity contribution in [2.75, 3.05) is 18.0 Å². The van der Waals surface area contributed by atoms with Gasteiger partial charge in [-0.1, -0.05) is 0 Å². The largest absolute Gasteiger partial charge is 0.366 e. The standard InChI is InChI=1S/C10H18N4/c11-5-4-9-3-1-2-6-14(9)10-7-12-13-8-10/h7-9H,1-6,11H2,(H,12,13). The van der Waals surface area contributed by atoms with Gasteiger partial charge in [-0.05, 0) is 32.2 Å². The molecule has 78 valence electrons. The van der Waals surface area contributed by atoms with Crippen LogP contribution in [0.1, 0.15) is 25.7 Å². The van der Waals surface area contributed by atoms with Crippen molar-refractivity contribution < 1.29 is 0 Å². The fraction of sp³-hybridized carbons (Fsp3) is 0.700. The van der Waals surface area contributed by atoms with E-state index in [0.29, 0.717) is 6.04 Å². The predicted molar refractivity (Wildman–Crippen MR) is 57.2 cm³/mol. The molecule has 1 aromatic rings. The molecule has 0 radical (unpaired) electrons. The first-order chi connectivity index (χ1) is 6.92. The molecule has 0 bridgehead atoms. The van der Waals surface area contributed by atoms with E-state index in [-0.39, 0.29) is 0 Å². The highest BCUT2D eigenvalue weighted by molar-refractivity contribution is 5.43. The Labute approximate surface area is 84.5 Å². The molecule has 1 saturated heterocycles. The molecule has 2 heterocycles. The number of anilines is 1. The first kappa shape index (κ1) is 9.52. The maximum atomic E-state index is 5.62. The summed E-state index contributed by atoms with van der Waals surface area (Å²) in [5, 5.41) is 6.86. The molecule has 1 fully saturated rings. The zero-order chi connectivity index (χ0) is 9.80. The van der Waals surface area contributed by atoms with Gasteiger partial charge in [0.05, 0.1) is 11.9 Å². The number of piperidine rings is 1. The molecule has 1 aromatic heterocycles. The van der Waals surface area contributed by atoms with Gasteiger partial charge in [-0.25, -0.2) is 0 Å². The Kier molecular flexibility index (Phi) is 3.03. The molecule has 0 saturated carbocycles. The Hall–Kier alpha value is -1.03. The normalized spacial score (nSPS) is 22.6. The third-order valence-electron chi connectivity index (χ3n) is 2.94. The Morgan fingerprint density at radius 3 is 3.21 bits per heavy atom. The molecular weight excluding hydrogens is 176 g/mol. The summed E-state index contributed by atoms with van der Waals surface area (Å²) in [6.07, 6.45) is 8.84. The van der Waals surface area contributed by atoms with Crippen molar-refractivity contribution in [3.05, 3.63) is 12.4 Å². The van der Waals surface area contributed by atoms with Gasteiger partial charge in [-0.3, -0.25) is 5.10 Å². The van der Waals surface area contributed by atoms with Crippen LogP contribution in [0.5, 0.6) is 0 Å². The van der Waals surface area contributed by atoms with Crippen LogP contribution in [0.25, 0.3) is 0 Å². The van der Waals surface area contributed by atoms with Crippen LogP contribution in [0.2, 0.25) is 0 Å². The summed E-state index contributed by atoms with van der Waals surface area (Å²) < 4.78 is 0. The van der Waals surface area contributed by atoms with Crippen LogP contribution in [-0.2, 0) is 0 Å². The molecule has 1 aliphatic heterocycles. The number of nitrogens with one attached hydrogen (secondary N) is 1. The lowest BCUT2D eigenvalue weighted by Gasteiger charge is -2.36. The zero-order valence-corrected chi connectivity index (χ0v) is 8.45. The second-order valence-electron chi connectivity index (χ2n) is 3.88. The number of nitrogens with two attached hydrogens (primary N) is 1. The molecule has 3 N–H and O–H groups in total. The van der Waals surface area contributed by atoms with Crippen molar-refractivity contribution in [1.29, 1.82) is 0 Å². The van der Waals surface area contributed by atoms with E-state index in [0.717, 1.165) is 19.5 Å². The fourth-order valence-electron chi connectivity index (χ4n) is 2.23. The molecule has 14 heavy (non-hydrogen) atoms. The van der Waals surface area contributed by atoms with E-state index in [4.69, 9.17) is 5.73 Å². The number of nitrogens with zero attached hydrogens (tertiary/aromatic N) is 2. The van der Waals surface area contributed by atoms with Crippen LogP contribution in [0.15, 0.2) is 12.4 Å². The summed E-state index contributed by atoms with van der Waals surface area (Å²) in [4.78, 5) is 2.43. The number of rotatable bonds is 3. The van der Waals surface area contributed by atoms with Gasteiger partial charge in [0, 0.05) is 18.8 Å². The third-order valence-corrected chi connectivity index (χ3v) is 2.94. The first-order valence-electron chi connectivity index (χ1n) is 5.37. The molecular formula is C10H18N4. The van der Waals surface area contributed by atoms with Gasteiger partial charge in [0.2, 0.25) is 0 Å². The molecule has 2 rings (SSSR count). The van der Waals surface area contributed by atoms with Gasteiger partial charge < -0.3 is 10.6 Å². The van der Waals surface area contributed by atoms with Crippen LogP contribution < -0.4 is 10.6 Å². The second-order valence-corrected chi connectivity index (χ2v) is 3.88. The van der Waals surface area contributed by atoms with E-state index in [1.807, 2.05) is 12.4 Å². The molecule has 0 spiro atoms.